The zero-order valence-electron chi connectivity index (χ0n) is 8.87. The molecule has 0 bridgehead atoms. The lowest BCUT2D eigenvalue weighted by Gasteiger charge is -2.19. The van der Waals surface area contributed by atoms with Gasteiger partial charge in [-0.15, -0.1) is 11.3 Å². The van der Waals surface area contributed by atoms with E-state index < -0.39 is 0 Å². The summed E-state index contributed by atoms with van der Waals surface area (Å²) in [6.45, 7) is 4.45. The van der Waals surface area contributed by atoms with Gasteiger partial charge in [0.05, 0.1) is 0 Å². The van der Waals surface area contributed by atoms with Gasteiger partial charge in [-0.2, -0.15) is 0 Å². The minimum atomic E-state index is 0.640. The normalized spacial score (nSPS) is 21.4. The molecule has 0 spiro atoms. The van der Waals surface area contributed by atoms with Gasteiger partial charge in [0.25, 0.3) is 0 Å². The summed E-state index contributed by atoms with van der Waals surface area (Å²) >= 11 is 7.36. The van der Waals surface area contributed by atoms with E-state index in [0.717, 1.165) is 25.6 Å². The molecule has 0 unspecified atom stereocenters. The van der Waals surface area contributed by atoms with Gasteiger partial charge < -0.3 is 10.2 Å². The Morgan fingerprint density at radius 3 is 3.20 bits per heavy atom. The zero-order chi connectivity index (χ0) is 10.7. The molecule has 2 heterocycles. The third kappa shape index (κ3) is 3.41. The van der Waals surface area contributed by atoms with Crippen molar-refractivity contribution in [2.45, 2.75) is 13.0 Å². The number of hydrogen-bond donors (Lipinski definition) is 1. The Bertz CT molecular complexity index is 309. The molecule has 1 aromatic heterocycles. The molecule has 1 saturated heterocycles. The van der Waals surface area contributed by atoms with Crippen LogP contribution in [0.5, 0.6) is 0 Å². The van der Waals surface area contributed by atoms with E-state index in [9.17, 15) is 0 Å². The highest BCUT2D eigenvalue weighted by molar-refractivity contribution is 7.15. The number of halogens is 1. The standard InChI is InChI=1S/C10H16ClN3S/c1-14(6-8-2-3-12-4-8)7-9-5-13-10(11)15-9/h5,8,12H,2-4,6-7H2,1H3/t8-/m0/s1. The summed E-state index contributed by atoms with van der Waals surface area (Å²) in [5.74, 6) is 0.804. The molecule has 0 amide bonds. The van der Waals surface area contributed by atoms with Gasteiger partial charge in [-0.1, -0.05) is 11.6 Å². The van der Waals surface area contributed by atoms with E-state index in [1.807, 2.05) is 6.20 Å². The van der Waals surface area contributed by atoms with Crippen molar-refractivity contribution in [1.82, 2.24) is 15.2 Å². The van der Waals surface area contributed by atoms with Crippen LogP contribution >= 0.6 is 22.9 Å². The van der Waals surface area contributed by atoms with Gasteiger partial charge >= 0.3 is 0 Å². The van der Waals surface area contributed by atoms with E-state index in [1.54, 1.807) is 11.3 Å². The molecule has 0 aromatic carbocycles. The molecule has 3 nitrogen and oxygen atoms in total. The van der Waals surface area contributed by atoms with Gasteiger partial charge in [-0.25, -0.2) is 4.98 Å². The Morgan fingerprint density at radius 1 is 1.73 bits per heavy atom. The quantitative estimate of drug-likeness (QED) is 0.878. The summed E-state index contributed by atoms with van der Waals surface area (Å²) in [5.41, 5.74) is 0. The summed E-state index contributed by atoms with van der Waals surface area (Å²) in [5, 5.41) is 3.39. The number of rotatable bonds is 4. The first-order chi connectivity index (χ1) is 7.24. The largest absolute Gasteiger partial charge is 0.316 e. The van der Waals surface area contributed by atoms with E-state index in [1.165, 1.54) is 17.8 Å². The zero-order valence-corrected chi connectivity index (χ0v) is 10.4. The van der Waals surface area contributed by atoms with Crippen LogP contribution in [-0.2, 0) is 6.54 Å². The number of nitrogens with zero attached hydrogens (tertiary/aromatic N) is 2. The molecule has 1 aromatic rings. The highest BCUT2D eigenvalue weighted by Gasteiger charge is 2.16. The minimum Gasteiger partial charge on any atom is -0.316 e. The summed E-state index contributed by atoms with van der Waals surface area (Å²) in [6, 6.07) is 0. The molecule has 5 heteroatoms. The first-order valence-corrected chi connectivity index (χ1v) is 6.43. The van der Waals surface area contributed by atoms with Gasteiger partial charge in [0.2, 0.25) is 0 Å². The van der Waals surface area contributed by atoms with E-state index in [0.29, 0.717) is 4.47 Å². The number of hydrogen-bond acceptors (Lipinski definition) is 4. The van der Waals surface area contributed by atoms with Crippen molar-refractivity contribution >= 4 is 22.9 Å². The highest BCUT2D eigenvalue weighted by atomic mass is 35.5. The number of nitrogens with one attached hydrogen (secondary N) is 1. The summed E-state index contributed by atoms with van der Waals surface area (Å²) in [7, 11) is 2.16. The third-order valence-electron chi connectivity index (χ3n) is 2.68. The average Bonchev–Trinajstić information content (AvgIpc) is 2.77. The SMILES string of the molecule is CN(Cc1cnc(Cl)s1)C[C@H]1CCNC1. The second kappa shape index (κ2) is 5.25. The molecule has 1 N–H and O–H groups in total. The maximum absolute atomic E-state index is 5.79. The van der Waals surface area contributed by atoms with E-state index in [2.05, 4.69) is 22.2 Å². The van der Waals surface area contributed by atoms with E-state index in [4.69, 9.17) is 11.6 Å². The molecular weight excluding hydrogens is 230 g/mol. The molecule has 0 radical (unpaired) electrons. The average molecular weight is 246 g/mol. The van der Waals surface area contributed by atoms with Crippen molar-refractivity contribution in [1.29, 1.82) is 0 Å². The summed E-state index contributed by atoms with van der Waals surface area (Å²) in [6.07, 6.45) is 3.17. The molecule has 84 valence electrons. The summed E-state index contributed by atoms with van der Waals surface area (Å²) in [4.78, 5) is 7.64. The fraction of sp³-hybridized carbons (Fsp3) is 0.700. The second-order valence-electron chi connectivity index (χ2n) is 4.14. The minimum absolute atomic E-state index is 0.640. The second-order valence-corrected chi connectivity index (χ2v) is 5.83. The Morgan fingerprint density at radius 2 is 2.60 bits per heavy atom. The molecule has 0 aliphatic carbocycles. The first-order valence-electron chi connectivity index (χ1n) is 5.23. The molecule has 1 atom stereocenters. The lowest BCUT2D eigenvalue weighted by molar-refractivity contribution is 0.280. The molecule has 1 aliphatic heterocycles. The predicted octanol–water partition coefficient (Wildman–Crippen LogP) is 1.84. The highest BCUT2D eigenvalue weighted by Crippen LogP contribution is 2.19. The maximum atomic E-state index is 5.79. The van der Waals surface area contributed by atoms with Gasteiger partial charge in [0.1, 0.15) is 0 Å². The molecule has 1 fully saturated rings. The fourth-order valence-corrected chi connectivity index (χ4v) is 3.06. The first kappa shape index (κ1) is 11.3. The Kier molecular flexibility index (Phi) is 3.97. The van der Waals surface area contributed by atoms with Crippen LogP contribution in [0.1, 0.15) is 11.3 Å². The van der Waals surface area contributed by atoms with Crippen LogP contribution in [0, 0.1) is 5.92 Å². The van der Waals surface area contributed by atoms with Crippen LogP contribution in [0.15, 0.2) is 6.20 Å². The predicted molar refractivity (Wildman–Crippen MR) is 64.4 cm³/mol. The number of aromatic nitrogens is 1. The number of thiazole rings is 1. The van der Waals surface area contributed by atoms with Crippen molar-refractivity contribution in [2.75, 3.05) is 26.7 Å². The van der Waals surface area contributed by atoms with Crippen molar-refractivity contribution in [3.05, 3.63) is 15.5 Å². The van der Waals surface area contributed by atoms with Gasteiger partial charge in [-0.05, 0) is 32.5 Å². The van der Waals surface area contributed by atoms with Gasteiger partial charge in [0.15, 0.2) is 4.47 Å². The third-order valence-corrected chi connectivity index (χ3v) is 3.78. The van der Waals surface area contributed by atoms with Crippen molar-refractivity contribution in [3.8, 4) is 0 Å². The molecule has 15 heavy (non-hydrogen) atoms. The lowest BCUT2D eigenvalue weighted by atomic mass is 10.1. The smallest absolute Gasteiger partial charge is 0.183 e. The van der Waals surface area contributed by atoms with Gasteiger partial charge in [-0.3, -0.25) is 0 Å². The van der Waals surface area contributed by atoms with E-state index >= 15 is 0 Å². The van der Waals surface area contributed by atoms with Crippen LogP contribution < -0.4 is 5.32 Å². The van der Waals surface area contributed by atoms with Crippen LogP contribution in [0.2, 0.25) is 4.47 Å². The monoisotopic (exact) mass is 245 g/mol. The van der Waals surface area contributed by atoms with E-state index in [-0.39, 0.29) is 0 Å². The maximum Gasteiger partial charge on any atom is 0.183 e. The lowest BCUT2D eigenvalue weighted by Crippen LogP contribution is -2.26. The molecule has 0 saturated carbocycles. The Balaban J connectivity index is 1.78. The van der Waals surface area contributed by atoms with Crippen LogP contribution in [0.3, 0.4) is 0 Å². The Labute approximate surface area is 99.5 Å². The fourth-order valence-electron chi connectivity index (χ4n) is 2.00. The van der Waals surface area contributed by atoms with Gasteiger partial charge in [0, 0.05) is 24.2 Å². The topological polar surface area (TPSA) is 28.2 Å². The van der Waals surface area contributed by atoms with Crippen molar-refractivity contribution in [2.24, 2.45) is 5.92 Å². The molecule has 1 aliphatic rings. The Hall–Kier alpha value is -0.160. The molecule has 2 rings (SSSR count). The van der Waals surface area contributed by atoms with Crippen LogP contribution in [0.4, 0.5) is 0 Å². The van der Waals surface area contributed by atoms with Crippen LogP contribution in [0.25, 0.3) is 0 Å². The van der Waals surface area contributed by atoms with Crippen molar-refractivity contribution in [3.63, 3.8) is 0 Å². The van der Waals surface area contributed by atoms with Crippen LogP contribution in [-0.4, -0.2) is 36.6 Å². The molecular formula is C10H16ClN3S. The summed E-state index contributed by atoms with van der Waals surface area (Å²) < 4.78 is 0.640. The van der Waals surface area contributed by atoms with Crippen molar-refractivity contribution < 1.29 is 0 Å².